The molecule has 0 bridgehead atoms. The van der Waals surface area contributed by atoms with Gasteiger partial charge < -0.3 is 0 Å². The minimum atomic E-state index is 0.205. The number of hydrogen-bond acceptors (Lipinski definition) is 0. The van der Waals surface area contributed by atoms with Crippen LogP contribution >= 0.6 is 15.8 Å². The van der Waals surface area contributed by atoms with Gasteiger partial charge in [0.25, 0.3) is 0 Å². The van der Waals surface area contributed by atoms with Gasteiger partial charge in [-0.2, -0.15) is 0 Å². The summed E-state index contributed by atoms with van der Waals surface area (Å²) in [5.74, 6) is 0. The first kappa shape index (κ1) is 24.1. The van der Waals surface area contributed by atoms with E-state index in [2.05, 4.69) is 52.0 Å². The smallest absolute Gasteiger partial charge is 0.00730 e. The molecule has 1 aromatic rings. The van der Waals surface area contributed by atoms with Crippen LogP contribution in [-0.2, 0) is 12.3 Å². The highest BCUT2D eigenvalue weighted by Gasteiger charge is 2.11. The molecule has 0 aliphatic carbocycles. The lowest BCUT2D eigenvalue weighted by Gasteiger charge is -2.20. The lowest BCUT2D eigenvalue weighted by molar-refractivity contribution is 0.865. The fourth-order valence-corrected chi connectivity index (χ4v) is 8.97. The van der Waals surface area contributed by atoms with Crippen molar-refractivity contribution in [2.75, 3.05) is 24.6 Å². The molecule has 0 aromatic heterocycles. The molecule has 0 saturated heterocycles. The van der Waals surface area contributed by atoms with E-state index in [0.29, 0.717) is 0 Å². The number of unbranched alkanes of at least 4 members (excludes halogenated alkanes) is 4. The summed E-state index contributed by atoms with van der Waals surface area (Å²) in [4.78, 5) is 0. The van der Waals surface area contributed by atoms with Crippen LogP contribution in [0.3, 0.4) is 0 Å². The van der Waals surface area contributed by atoms with Gasteiger partial charge in [0, 0.05) is 0 Å². The minimum Gasteiger partial charge on any atom is -0.102 e. The third-order valence-corrected chi connectivity index (χ3v) is 10.5. The zero-order chi connectivity index (χ0) is 19.0. The van der Waals surface area contributed by atoms with Gasteiger partial charge in [0.05, 0.1) is 0 Å². The Hall–Kier alpha value is 0.0800. The summed E-state index contributed by atoms with van der Waals surface area (Å²) in [6.07, 6.45) is 19.8. The lowest BCUT2D eigenvalue weighted by atomic mass is 10.2. The van der Waals surface area contributed by atoms with E-state index in [-0.39, 0.29) is 15.8 Å². The van der Waals surface area contributed by atoms with Crippen LogP contribution in [0.2, 0.25) is 0 Å². The average Bonchev–Trinajstić information content (AvgIpc) is 2.66. The van der Waals surface area contributed by atoms with Gasteiger partial charge in [0.2, 0.25) is 0 Å². The molecule has 26 heavy (non-hydrogen) atoms. The van der Waals surface area contributed by atoms with E-state index in [1.165, 1.54) is 88.3 Å². The van der Waals surface area contributed by atoms with Gasteiger partial charge in [-0.3, -0.25) is 0 Å². The Bertz CT molecular complexity index is 390. The molecule has 0 aliphatic rings. The molecule has 0 fully saturated rings. The Morgan fingerprint density at radius 3 is 1.23 bits per heavy atom. The Balaban J connectivity index is 2.67. The van der Waals surface area contributed by atoms with Crippen LogP contribution < -0.4 is 0 Å². The first-order chi connectivity index (χ1) is 12.7. The SMILES string of the molecule is CCCCP(CCCC)Cc1cccc(CP(CCCC)CCCC)c1. The van der Waals surface area contributed by atoms with Crippen LogP contribution in [-0.4, -0.2) is 24.6 Å². The van der Waals surface area contributed by atoms with Crippen molar-refractivity contribution in [1.82, 2.24) is 0 Å². The molecule has 0 nitrogen and oxygen atoms in total. The van der Waals surface area contributed by atoms with Gasteiger partial charge in [-0.25, -0.2) is 0 Å². The monoisotopic (exact) mass is 394 g/mol. The number of benzene rings is 1. The quantitative estimate of drug-likeness (QED) is 0.246. The Labute approximate surface area is 167 Å². The predicted octanol–water partition coefficient (Wildman–Crippen LogP) is 8.85. The van der Waals surface area contributed by atoms with E-state index >= 15 is 0 Å². The normalized spacial score (nSPS) is 11.6. The van der Waals surface area contributed by atoms with Gasteiger partial charge in [-0.1, -0.05) is 77.6 Å². The molecule has 1 aromatic carbocycles. The second-order valence-electron chi connectivity index (χ2n) is 7.79. The summed E-state index contributed by atoms with van der Waals surface area (Å²) >= 11 is 0. The molecule has 0 unspecified atom stereocenters. The third kappa shape index (κ3) is 11.0. The Kier molecular flexibility index (Phi) is 14.9. The lowest BCUT2D eigenvalue weighted by Crippen LogP contribution is -1.97. The molecule has 0 heterocycles. The molecule has 2 heteroatoms. The Morgan fingerprint density at radius 2 is 0.923 bits per heavy atom. The van der Waals surface area contributed by atoms with Crippen LogP contribution in [0.5, 0.6) is 0 Å². The molecule has 0 spiro atoms. The summed E-state index contributed by atoms with van der Waals surface area (Å²) in [5.41, 5.74) is 3.25. The number of hydrogen-bond donors (Lipinski definition) is 0. The standard InChI is InChI=1S/C24H44P2/c1-5-9-16-25(17-10-6-2)21-23-14-13-15-24(20-23)22-26(18-11-7-3)19-12-8-4/h13-15,20H,5-12,16-19,21-22H2,1-4H3. The first-order valence-corrected chi connectivity index (χ1v) is 15.0. The molecule has 0 aliphatic heterocycles. The van der Waals surface area contributed by atoms with Crippen LogP contribution in [0.1, 0.15) is 90.2 Å². The molecular formula is C24H44P2. The van der Waals surface area contributed by atoms with E-state index in [9.17, 15) is 0 Å². The van der Waals surface area contributed by atoms with Gasteiger partial charge in [0.15, 0.2) is 0 Å². The second-order valence-corrected chi connectivity index (χ2v) is 12.9. The van der Waals surface area contributed by atoms with E-state index in [4.69, 9.17) is 0 Å². The van der Waals surface area contributed by atoms with Crippen molar-refractivity contribution < 1.29 is 0 Å². The van der Waals surface area contributed by atoms with Gasteiger partial charge in [-0.05, 0) is 73.8 Å². The third-order valence-electron chi connectivity index (χ3n) is 5.12. The van der Waals surface area contributed by atoms with Crippen molar-refractivity contribution in [3.63, 3.8) is 0 Å². The van der Waals surface area contributed by atoms with Crippen molar-refractivity contribution in [3.05, 3.63) is 35.4 Å². The molecule has 150 valence electrons. The van der Waals surface area contributed by atoms with Crippen molar-refractivity contribution in [3.8, 4) is 0 Å². The molecule has 0 N–H and O–H groups in total. The highest BCUT2D eigenvalue weighted by atomic mass is 31.1. The van der Waals surface area contributed by atoms with Gasteiger partial charge in [0.1, 0.15) is 0 Å². The van der Waals surface area contributed by atoms with Gasteiger partial charge in [-0.15, -0.1) is 15.8 Å². The summed E-state index contributed by atoms with van der Waals surface area (Å²) in [6.45, 7) is 9.34. The minimum absolute atomic E-state index is 0.205. The van der Waals surface area contributed by atoms with Crippen molar-refractivity contribution in [1.29, 1.82) is 0 Å². The maximum atomic E-state index is 2.57. The summed E-state index contributed by atoms with van der Waals surface area (Å²) in [7, 11) is 0.410. The molecule has 0 atom stereocenters. The molecular weight excluding hydrogens is 350 g/mol. The predicted molar refractivity (Wildman–Crippen MR) is 127 cm³/mol. The fraction of sp³-hybridized carbons (Fsp3) is 0.750. The highest BCUT2D eigenvalue weighted by Crippen LogP contribution is 2.44. The summed E-state index contributed by atoms with van der Waals surface area (Å²) < 4.78 is 0. The highest BCUT2D eigenvalue weighted by molar-refractivity contribution is 7.57. The van der Waals surface area contributed by atoms with Crippen molar-refractivity contribution in [2.45, 2.75) is 91.4 Å². The van der Waals surface area contributed by atoms with E-state index in [1.807, 2.05) is 0 Å². The second kappa shape index (κ2) is 16.1. The van der Waals surface area contributed by atoms with Crippen LogP contribution in [0.15, 0.2) is 24.3 Å². The maximum absolute atomic E-state index is 2.57. The van der Waals surface area contributed by atoms with Crippen LogP contribution in [0.25, 0.3) is 0 Å². The first-order valence-electron chi connectivity index (χ1n) is 11.3. The molecule has 0 radical (unpaired) electrons. The molecule has 1 rings (SSSR count). The molecule has 0 amide bonds. The van der Waals surface area contributed by atoms with E-state index in [1.54, 1.807) is 11.1 Å². The largest absolute Gasteiger partial charge is 0.102 e. The zero-order valence-corrected chi connectivity index (χ0v) is 19.9. The molecule has 0 saturated carbocycles. The summed E-state index contributed by atoms with van der Waals surface area (Å²) in [6, 6.07) is 9.71. The summed E-state index contributed by atoms with van der Waals surface area (Å²) in [5, 5.41) is 0. The van der Waals surface area contributed by atoms with Crippen molar-refractivity contribution >= 4 is 15.8 Å². The van der Waals surface area contributed by atoms with E-state index < -0.39 is 0 Å². The average molecular weight is 395 g/mol. The van der Waals surface area contributed by atoms with Crippen LogP contribution in [0.4, 0.5) is 0 Å². The Morgan fingerprint density at radius 1 is 0.577 bits per heavy atom. The van der Waals surface area contributed by atoms with Crippen molar-refractivity contribution in [2.24, 2.45) is 0 Å². The topological polar surface area (TPSA) is 0 Å². The maximum Gasteiger partial charge on any atom is -0.00730 e. The van der Waals surface area contributed by atoms with Crippen LogP contribution in [0, 0.1) is 0 Å². The fourth-order valence-electron chi connectivity index (χ4n) is 3.41. The van der Waals surface area contributed by atoms with Gasteiger partial charge >= 0.3 is 0 Å². The van der Waals surface area contributed by atoms with E-state index in [0.717, 1.165) is 0 Å². The zero-order valence-electron chi connectivity index (χ0n) is 18.1. The number of rotatable bonds is 16.